The third-order valence-electron chi connectivity index (χ3n) is 2.34. The van der Waals surface area contributed by atoms with E-state index in [0.29, 0.717) is 0 Å². The Morgan fingerprint density at radius 3 is 2.42 bits per heavy atom. The lowest BCUT2D eigenvalue weighted by Gasteiger charge is -2.44. The monoisotopic (exact) mass is 331 g/mol. The van der Waals surface area contributed by atoms with Crippen LogP contribution in [0.25, 0.3) is 0 Å². The van der Waals surface area contributed by atoms with Crippen molar-refractivity contribution in [2.24, 2.45) is 0 Å². The molecule has 1 saturated heterocycles. The lowest BCUT2D eigenvalue weighted by Crippen LogP contribution is -2.74. The summed E-state index contributed by atoms with van der Waals surface area (Å²) < 4.78 is 2.89. The lowest BCUT2D eigenvalue weighted by molar-refractivity contribution is -0.151. The van der Waals surface area contributed by atoms with Crippen molar-refractivity contribution in [3.63, 3.8) is 0 Å². The predicted octanol–water partition coefficient (Wildman–Crippen LogP) is 0.386. The number of alkyl halides is 3. The molecule has 0 aliphatic carbocycles. The minimum absolute atomic E-state index is 0.328. The number of nitrogens with one attached hydrogen (secondary N) is 2. The highest BCUT2D eigenvalue weighted by Crippen LogP contribution is 2.26. The Labute approximate surface area is 124 Å². The van der Waals surface area contributed by atoms with E-state index in [-0.39, 0.29) is 11.8 Å². The van der Waals surface area contributed by atoms with Crippen molar-refractivity contribution in [2.75, 3.05) is 13.7 Å². The molecule has 1 aliphatic rings. The van der Waals surface area contributed by atoms with Crippen molar-refractivity contribution < 1.29 is 19.1 Å². The topological polar surface area (TPSA) is 87.7 Å². The van der Waals surface area contributed by atoms with E-state index in [1.807, 2.05) is 0 Å². The minimum Gasteiger partial charge on any atom is -0.445 e. The van der Waals surface area contributed by atoms with E-state index in [1.165, 1.54) is 18.9 Å². The number of hydrogen-bond donors (Lipinski definition) is 2. The third-order valence-corrected chi connectivity index (χ3v) is 2.67. The summed E-state index contributed by atoms with van der Waals surface area (Å²) in [6.45, 7) is 0.847. The first-order valence-corrected chi connectivity index (χ1v) is 6.29. The van der Waals surface area contributed by atoms with Crippen LogP contribution < -0.4 is 10.6 Å². The van der Waals surface area contributed by atoms with Crippen LogP contribution in [0.5, 0.6) is 0 Å². The molecule has 0 aromatic rings. The summed E-state index contributed by atoms with van der Waals surface area (Å²) in [5.74, 6) is -0.685. The smallest absolute Gasteiger partial charge is 0.408 e. The van der Waals surface area contributed by atoms with E-state index < -0.39 is 28.7 Å². The summed E-state index contributed by atoms with van der Waals surface area (Å²) >= 11 is 16.2. The molecule has 1 heterocycles. The quantitative estimate of drug-likeness (QED) is 0.578. The van der Waals surface area contributed by atoms with E-state index in [4.69, 9.17) is 34.8 Å². The van der Waals surface area contributed by atoms with Crippen molar-refractivity contribution in [2.45, 2.75) is 22.9 Å². The molecule has 0 bridgehead atoms. The SMILES string of the molecule is CC(=O)N[C@H]1[C@@H](NC(=O)OCC(Cl)(Cl)Cl)C(=O)N1C. The Morgan fingerprint density at radius 2 is 1.95 bits per heavy atom. The molecule has 1 rings (SSSR count). The Hall–Kier alpha value is -0.920. The molecule has 19 heavy (non-hydrogen) atoms. The number of carbonyl (C=O) groups is 3. The van der Waals surface area contributed by atoms with Crippen LogP contribution >= 0.6 is 34.8 Å². The Morgan fingerprint density at radius 1 is 1.37 bits per heavy atom. The summed E-state index contributed by atoms with van der Waals surface area (Å²) in [6.07, 6.45) is -1.53. The van der Waals surface area contributed by atoms with Gasteiger partial charge < -0.3 is 20.3 Å². The van der Waals surface area contributed by atoms with Crippen molar-refractivity contribution >= 4 is 52.7 Å². The fraction of sp³-hybridized carbons (Fsp3) is 0.667. The summed E-state index contributed by atoms with van der Waals surface area (Å²) in [5.41, 5.74) is 0. The molecular weight excluding hydrogens is 320 g/mol. The average molecular weight is 333 g/mol. The number of likely N-dealkylation sites (tertiary alicyclic amines) is 1. The van der Waals surface area contributed by atoms with Gasteiger partial charge in [-0.25, -0.2) is 4.79 Å². The molecule has 2 N–H and O–H groups in total. The highest BCUT2D eigenvalue weighted by Gasteiger charge is 2.46. The highest BCUT2D eigenvalue weighted by atomic mass is 35.6. The van der Waals surface area contributed by atoms with Gasteiger partial charge in [0.25, 0.3) is 5.91 Å². The second-order valence-electron chi connectivity index (χ2n) is 3.91. The molecule has 10 heteroatoms. The molecule has 7 nitrogen and oxygen atoms in total. The van der Waals surface area contributed by atoms with Crippen LogP contribution in [-0.2, 0) is 14.3 Å². The van der Waals surface area contributed by atoms with Gasteiger partial charge in [0.1, 0.15) is 18.8 Å². The number of halogens is 3. The number of likely N-dealkylation sites (N-methyl/N-ethyl adjacent to an activating group) is 1. The maximum absolute atomic E-state index is 11.5. The first-order valence-electron chi connectivity index (χ1n) is 5.15. The van der Waals surface area contributed by atoms with Crippen molar-refractivity contribution in [1.29, 1.82) is 0 Å². The van der Waals surface area contributed by atoms with Crippen LogP contribution in [0.1, 0.15) is 6.92 Å². The molecule has 0 unspecified atom stereocenters. The van der Waals surface area contributed by atoms with Gasteiger partial charge in [-0.2, -0.15) is 0 Å². The second-order valence-corrected chi connectivity index (χ2v) is 6.42. The van der Waals surface area contributed by atoms with E-state index in [0.717, 1.165) is 0 Å². The molecule has 3 amide bonds. The zero-order chi connectivity index (χ0) is 14.8. The summed E-state index contributed by atoms with van der Waals surface area (Å²) in [4.78, 5) is 35.1. The Balaban J connectivity index is 2.48. The van der Waals surface area contributed by atoms with Crippen molar-refractivity contribution in [1.82, 2.24) is 15.5 Å². The number of β-lactam (4-membered cyclic amide) rings is 1. The zero-order valence-corrected chi connectivity index (χ0v) is 12.3. The zero-order valence-electron chi connectivity index (χ0n) is 10.1. The van der Waals surface area contributed by atoms with Gasteiger partial charge >= 0.3 is 6.09 Å². The lowest BCUT2D eigenvalue weighted by atomic mass is 10.0. The normalized spacial score (nSPS) is 22.6. The van der Waals surface area contributed by atoms with Gasteiger partial charge in [-0.3, -0.25) is 9.59 Å². The first kappa shape index (κ1) is 16.1. The first-order chi connectivity index (χ1) is 8.61. The van der Waals surface area contributed by atoms with Crippen LogP contribution in [0.15, 0.2) is 0 Å². The van der Waals surface area contributed by atoms with Gasteiger partial charge in [-0.05, 0) is 0 Å². The van der Waals surface area contributed by atoms with Gasteiger partial charge in [-0.15, -0.1) is 0 Å². The standard InChI is InChI=1S/C9H12Cl3N3O4/c1-4(16)13-6-5(7(17)15(6)2)14-8(18)19-3-9(10,11)12/h5-6H,3H2,1-2H3,(H,13,16)(H,14,18)/t5-,6-/m1/s1. The van der Waals surface area contributed by atoms with Crippen LogP contribution in [0, 0.1) is 0 Å². The van der Waals surface area contributed by atoms with E-state index in [9.17, 15) is 14.4 Å². The summed E-state index contributed by atoms with van der Waals surface area (Å²) in [5, 5.41) is 4.79. The number of nitrogens with zero attached hydrogens (tertiary/aromatic N) is 1. The van der Waals surface area contributed by atoms with Gasteiger partial charge in [0.2, 0.25) is 9.70 Å². The number of alkyl carbamates (subject to hydrolysis) is 1. The molecular formula is C9H12Cl3N3O4. The number of ether oxygens (including phenoxy) is 1. The number of hydrogen-bond acceptors (Lipinski definition) is 4. The van der Waals surface area contributed by atoms with Crippen molar-refractivity contribution in [3.8, 4) is 0 Å². The van der Waals surface area contributed by atoms with Crippen LogP contribution in [0.4, 0.5) is 4.79 Å². The molecule has 2 atom stereocenters. The van der Waals surface area contributed by atoms with E-state index in [1.54, 1.807) is 0 Å². The highest BCUT2D eigenvalue weighted by molar-refractivity contribution is 6.67. The Bertz CT molecular complexity index is 399. The predicted molar refractivity (Wildman–Crippen MR) is 68.9 cm³/mol. The number of rotatable bonds is 3. The van der Waals surface area contributed by atoms with Gasteiger partial charge in [-0.1, -0.05) is 34.8 Å². The molecule has 1 fully saturated rings. The molecule has 0 spiro atoms. The van der Waals surface area contributed by atoms with Crippen molar-refractivity contribution in [3.05, 3.63) is 0 Å². The molecule has 0 saturated carbocycles. The largest absolute Gasteiger partial charge is 0.445 e. The fourth-order valence-corrected chi connectivity index (χ4v) is 1.64. The summed E-state index contributed by atoms with van der Waals surface area (Å²) in [7, 11) is 1.49. The second kappa shape index (κ2) is 6.02. The van der Waals surface area contributed by atoms with E-state index in [2.05, 4.69) is 15.4 Å². The number of carbonyl (C=O) groups excluding carboxylic acids is 3. The molecule has 108 valence electrons. The fourth-order valence-electron chi connectivity index (χ4n) is 1.48. The third kappa shape index (κ3) is 4.59. The molecule has 1 aliphatic heterocycles. The molecule has 0 aromatic carbocycles. The van der Waals surface area contributed by atoms with Crippen LogP contribution in [0.2, 0.25) is 0 Å². The molecule has 0 radical (unpaired) electrons. The van der Waals surface area contributed by atoms with Gasteiger partial charge in [0.05, 0.1) is 0 Å². The maximum atomic E-state index is 11.5. The minimum atomic E-state index is -1.73. The van der Waals surface area contributed by atoms with E-state index >= 15 is 0 Å². The maximum Gasteiger partial charge on any atom is 0.408 e. The van der Waals surface area contributed by atoms with Gasteiger partial charge in [0.15, 0.2) is 0 Å². The summed E-state index contributed by atoms with van der Waals surface area (Å²) in [6, 6.07) is -0.892. The van der Waals surface area contributed by atoms with Gasteiger partial charge in [0, 0.05) is 14.0 Å². The van der Waals surface area contributed by atoms with Crippen LogP contribution in [-0.4, -0.2) is 52.5 Å². The Kier molecular flexibility index (Phi) is 5.11. The average Bonchev–Trinajstić information content (AvgIpc) is 2.29. The van der Waals surface area contributed by atoms with Crippen LogP contribution in [0.3, 0.4) is 0 Å². The molecule has 0 aromatic heterocycles. The number of amides is 3.